The van der Waals surface area contributed by atoms with Gasteiger partial charge in [0.15, 0.2) is 0 Å². The van der Waals surface area contributed by atoms with Crippen LogP contribution in [0.5, 0.6) is 11.5 Å². The first-order chi connectivity index (χ1) is 29.2. The number of hydrogen-bond donors (Lipinski definition) is 0. The minimum Gasteiger partial charge on any atom is -0.456 e. The third-order valence-electron chi connectivity index (χ3n) is 13.5. The molecule has 0 bridgehead atoms. The zero-order valence-corrected chi connectivity index (χ0v) is 31.8. The van der Waals surface area contributed by atoms with E-state index < -0.39 is 5.41 Å². The van der Waals surface area contributed by atoms with Crippen molar-refractivity contribution in [2.24, 2.45) is 0 Å². The smallest absolute Gasteiger partial charge is 0.135 e. The molecule has 0 atom stereocenters. The van der Waals surface area contributed by atoms with Gasteiger partial charge in [0, 0.05) is 21.7 Å². The highest BCUT2D eigenvalue weighted by Crippen LogP contribution is 2.65. The van der Waals surface area contributed by atoms with Gasteiger partial charge in [0.25, 0.3) is 0 Å². The normalized spacial score (nSPS) is 13.7. The second-order valence-electron chi connectivity index (χ2n) is 16.3. The predicted octanol–water partition coefficient (Wildman–Crippen LogP) is 15.3. The van der Waals surface area contributed by atoms with Crippen LogP contribution in [0.25, 0.3) is 99.1 Å². The van der Waals surface area contributed by atoms with Gasteiger partial charge in [-0.25, -0.2) is 0 Å². The van der Waals surface area contributed by atoms with Crippen LogP contribution in [0.2, 0.25) is 0 Å². The molecule has 0 N–H and O–H groups in total. The fourth-order valence-electron chi connectivity index (χ4n) is 11.1. The molecule has 0 unspecified atom stereocenters. The van der Waals surface area contributed by atoms with Crippen molar-refractivity contribution in [2.45, 2.75) is 5.41 Å². The van der Waals surface area contributed by atoms with Crippen LogP contribution in [0.1, 0.15) is 22.3 Å². The number of para-hydroxylation sites is 1. The first-order valence-electron chi connectivity index (χ1n) is 20.4. The summed E-state index contributed by atoms with van der Waals surface area (Å²) in [5.74, 6) is 1.80. The molecule has 14 rings (SSSR count). The Bertz CT molecular complexity index is 3610. The van der Waals surface area contributed by atoms with Gasteiger partial charge in [-0.15, -0.1) is 0 Å². The molecule has 0 amide bonds. The number of fused-ring (bicyclic) bond motifs is 16. The molecule has 1 spiro atoms. The van der Waals surface area contributed by atoms with Crippen LogP contribution in [0.4, 0.5) is 0 Å². The lowest BCUT2D eigenvalue weighted by Gasteiger charge is -2.31. The highest BCUT2D eigenvalue weighted by Gasteiger charge is 2.52. The summed E-state index contributed by atoms with van der Waals surface area (Å²) in [6, 6.07) is 71.5. The molecule has 0 saturated carbocycles. The predicted molar refractivity (Wildman–Crippen MR) is 241 cm³/mol. The third kappa shape index (κ3) is 4.00. The van der Waals surface area contributed by atoms with E-state index in [1.165, 1.54) is 88.3 Å². The number of rotatable bonds is 2. The lowest BCUT2D eigenvalue weighted by molar-refractivity contribution is 0.487. The van der Waals surface area contributed by atoms with Crippen LogP contribution >= 0.6 is 0 Å². The largest absolute Gasteiger partial charge is 0.456 e. The van der Waals surface area contributed by atoms with E-state index in [1.807, 2.05) is 6.07 Å². The van der Waals surface area contributed by atoms with E-state index in [4.69, 9.17) is 9.15 Å². The van der Waals surface area contributed by atoms with Gasteiger partial charge in [-0.3, -0.25) is 0 Å². The lowest BCUT2D eigenvalue weighted by Crippen LogP contribution is -2.25. The maximum atomic E-state index is 6.51. The molecule has 272 valence electrons. The Morgan fingerprint density at radius 3 is 1.80 bits per heavy atom. The van der Waals surface area contributed by atoms with Gasteiger partial charge in [0.1, 0.15) is 22.7 Å². The molecule has 0 fully saturated rings. The average Bonchev–Trinajstić information content (AvgIpc) is 3.92. The summed E-state index contributed by atoms with van der Waals surface area (Å²) in [5, 5.41) is 7.06. The maximum absolute atomic E-state index is 6.51. The molecule has 2 heterocycles. The highest BCUT2D eigenvalue weighted by molar-refractivity contribution is 6.14. The second kappa shape index (κ2) is 11.2. The first kappa shape index (κ1) is 31.4. The van der Waals surface area contributed by atoms with Crippen molar-refractivity contribution in [2.75, 3.05) is 0 Å². The summed E-state index contributed by atoms with van der Waals surface area (Å²) >= 11 is 0. The number of benzene rings is 10. The molecule has 59 heavy (non-hydrogen) atoms. The standard InChI is InChI=1S/C57H32O2/c1-5-18-46-39(13-1)40-14-2-6-19-47(40)57(46)48-20-7-3-16-43(48)56-49(57)32-37-29-34(35-24-27-52-45(30-35)42-17-9-11-33-12-10-22-53(59-52)54(33)42)23-26-38(37)55(56)36-25-28-51-44(31-36)41-15-4-8-21-50(41)58-51/h1-32H. The number of ether oxygens (including phenoxy) is 1. The zero-order valence-electron chi connectivity index (χ0n) is 31.8. The molecule has 2 nitrogen and oxygen atoms in total. The highest BCUT2D eigenvalue weighted by atomic mass is 16.5. The van der Waals surface area contributed by atoms with Crippen LogP contribution in [-0.4, -0.2) is 0 Å². The van der Waals surface area contributed by atoms with Gasteiger partial charge >= 0.3 is 0 Å². The molecule has 10 aromatic carbocycles. The Kier molecular flexibility index (Phi) is 5.99. The van der Waals surface area contributed by atoms with Crippen molar-refractivity contribution in [3.63, 3.8) is 0 Å². The monoisotopic (exact) mass is 748 g/mol. The SMILES string of the molecule is c1ccc2c(c1)-c1ccccc1C21c2ccccc2-c2c1cc1cc(-c3ccc4c(c3)-c3cccc5cccc(c35)O4)ccc1c2-c1ccc2oc3ccccc3c2c1. The third-order valence-corrected chi connectivity index (χ3v) is 13.5. The van der Waals surface area contributed by atoms with Crippen molar-refractivity contribution < 1.29 is 9.15 Å². The van der Waals surface area contributed by atoms with E-state index in [1.54, 1.807) is 0 Å². The maximum Gasteiger partial charge on any atom is 0.135 e. The van der Waals surface area contributed by atoms with Gasteiger partial charge in [-0.1, -0.05) is 146 Å². The Balaban J connectivity index is 1.08. The summed E-state index contributed by atoms with van der Waals surface area (Å²) < 4.78 is 12.9. The molecule has 2 heteroatoms. The van der Waals surface area contributed by atoms with Crippen LogP contribution in [0.15, 0.2) is 199 Å². The van der Waals surface area contributed by atoms with Crippen molar-refractivity contribution >= 4 is 43.5 Å². The van der Waals surface area contributed by atoms with E-state index in [0.717, 1.165) is 44.6 Å². The number of furan rings is 1. The van der Waals surface area contributed by atoms with Gasteiger partial charge < -0.3 is 9.15 Å². The van der Waals surface area contributed by atoms with Crippen molar-refractivity contribution in [3.05, 3.63) is 216 Å². The summed E-state index contributed by atoms with van der Waals surface area (Å²) in [5.41, 5.74) is 19.0. The second-order valence-corrected chi connectivity index (χ2v) is 16.3. The molecular formula is C57H32O2. The summed E-state index contributed by atoms with van der Waals surface area (Å²) in [6.45, 7) is 0. The van der Waals surface area contributed by atoms with E-state index >= 15 is 0 Å². The lowest BCUT2D eigenvalue weighted by atomic mass is 9.70. The fourth-order valence-corrected chi connectivity index (χ4v) is 11.1. The van der Waals surface area contributed by atoms with Crippen LogP contribution in [0.3, 0.4) is 0 Å². The van der Waals surface area contributed by atoms with Gasteiger partial charge in [0.2, 0.25) is 0 Å². The molecule has 1 aliphatic heterocycles. The summed E-state index contributed by atoms with van der Waals surface area (Å²) in [4.78, 5) is 0. The molecular weight excluding hydrogens is 717 g/mol. The van der Waals surface area contributed by atoms with Gasteiger partial charge in [-0.2, -0.15) is 0 Å². The molecule has 3 aliphatic rings. The van der Waals surface area contributed by atoms with E-state index in [2.05, 4.69) is 188 Å². The topological polar surface area (TPSA) is 22.4 Å². The minimum absolute atomic E-state index is 0.472. The van der Waals surface area contributed by atoms with Crippen molar-refractivity contribution in [1.29, 1.82) is 0 Å². The summed E-state index contributed by atoms with van der Waals surface area (Å²) in [7, 11) is 0. The fraction of sp³-hybridized carbons (Fsp3) is 0.0175. The molecule has 1 aromatic heterocycles. The van der Waals surface area contributed by atoms with E-state index in [-0.39, 0.29) is 0 Å². The van der Waals surface area contributed by atoms with Gasteiger partial charge in [-0.05, 0) is 137 Å². The van der Waals surface area contributed by atoms with Crippen molar-refractivity contribution in [3.8, 4) is 67.1 Å². The van der Waals surface area contributed by atoms with Crippen LogP contribution < -0.4 is 4.74 Å². The Morgan fingerprint density at radius 1 is 0.322 bits per heavy atom. The minimum atomic E-state index is -0.472. The van der Waals surface area contributed by atoms with Crippen LogP contribution in [0, 0.1) is 0 Å². The summed E-state index contributed by atoms with van der Waals surface area (Å²) in [6.07, 6.45) is 0. The quantitative estimate of drug-likeness (QED) is 0.176. The molecule has 0 saturated heterocycles. The zero-order chi connectivity index (χ0) is 38.4. The Morgan fingerprint density at radius 2 is 0.966 bits per heavy atom. The van der Waals surface area contributed by atoms with Gasteiger partial charge in [0.05, 0.1) is 5.41 Å². The molecule has 2 aliphatic carbocycles. The molecule has 0 radical (unpaired) electrons. The van der Waals surface area contributed by atoms with Crippen LogP contribution in [-0.2, 0) is 5.41 Å². The Hall–Kier alpha value is -7.68. The van der Waals surface area contributed by atoms with E-state index in [9.17, 15) is 0 Å². The van der Waals surface area contributed by atoms with E-state index in [0.29, 0.717) is 0 Å². The van der Waals surface area contributed by atoms with Crippen molar-refractivity contribution in [1.82, 2.24) is 0 Å². The first-order valence-corrected chi connectivity index (χ1v) is 20.4. The average molecular weight is 749 g/mol. The molecule has 11 aromatic rings. The Labute approximate surface area is 340 Å². The number of hydrogen-bond acceptors (Lipinski definition) is 2.